The van der Waals surface area contributed by atoms with Crippen LogP contribution in [0.2, 0.25) is 5.02 Å². The van der Waals surface area contributed by atoms with Gasteiger partial charge in [-0.15, -0.1) is 0 Å². The molecular weight excluding hydrogens is 204 g/mol. The minimum atomic E-state index is -0.411. The largest absolute Gasteiger partial charge is 0.463 e. The molecule has 1 heterocycles. The number of carbonyl (C=O) groups excluding carboxylic acids is 1. The van der Waals surface area contributed by atoms with Gasteiger partial charge in [-0.3, -0.25) is 0 Å². The van der Waals surface area contributed by atoms with Gasteiger partial charge in [0.25, 0.3) is 0 Å². The third-order valence-electron chi connectivity index (χ3n) is 1.30. The van der Waals surface area contributed by atoms with Crippen molar-refractivity contribution in [1.29, 1.82) is 0 Å². The van der Waals surface area contributed by atoms with E-state index in [-0.39, 0.29) is 0 Å². The Balaban J connectivity index is 2.60. The summed E-state index contributed by atoms with van der Waals surface area (Å²) in [4.78, 5) is 18.6. The van der Waals surface area contributed by atoms with Gasteiger partial charge in [0.05, 0.1) is 11.6 Å². The van der Waals surface area contributed by atoms with Gasteiger partial charge >= 0.3 is 5.97 Å². The van der Waals surface area contributed by atoms with Gasteiger partial charge in [0.2, 0.25) is 0 Å². The Morgan fingerprint density at radius 2 is 2.21 bits per heavy atom. The van der Waals surface area contributed by atoms with Gasteiger partial charge in [-0.2, -0.15) is 0 Å². The predicted octanol–water partition coefficient (Wildman–Crippen LogP) is 1.71. The van der Waals surface area contributed by atoms with Gasteiger partial charge in [-0.25, -0.2) is 14.8 Å². The molecule has 0 saturated carbocycles. The number of esters is 1. The molecule has 1 aromatic heterocycles. The summed E-state index contributed by atoms with van der Waals surface area (Å²) in [7, 11) is 0. The highest BCUT2D eigenvalue weighted by Crippen LogP contribution is 2.03. The van der Waals surface area contributed by atoms with Crippen LogP contribution in [-0.2, 0) is 9.53 Å². The van der Waals surface area contributed by atoms with E-state index in [4.69, 9.17) is 11.6 Å². The summed E-state index contributed by atoms with van der Waals surface area (Å²) in [5.74, 6) is 0.00787. The summed E-state index contributed by atoms with van der Waals surface area (Å²) in [5.41, 5.74) is 0. The number of hydrogen-bond donors (Lipinski definition) is 0. The van der Waals surface area contributed by atoms with Crippen molar-refractivity contribution in [1.82, 2.24) is 9.97 Å². The van der Waals surface area contributed by atoms with Crippen molar-refractivity contribution in [2.75, 3.05) is 6.61 Å². The van der Waals surface area contributed by atoms with Crippen LogP contribution in [0.3, 0.4) is 0 Å². The molecule has 4 nitrogen and oxygen atoms in total. The normalized spacial score (nSPS) is 10.4. The van der Waals surface area contributed by atoms with Gasteiger partial charge in [-0.1, -0.05) is 11.6 Å². The number of ether oxygens (including phenoxy) is 1. The Morgan fingerprint density at radius 1 is 1.57 bits per heavy atom. The van der Waals surface area contributed by atoms with E-state index in [0.717, 1.165) is 0 Å². The molecule has 14 heavy (non-hydrogen) atoms. The summed E-state index contributed by atoms with van der Waals surface area (Å²) < 4.78 is 4.68. The molecule has 0 unspecified atom stereocenters. The van der Waals surface area contributed by atoms with Crippen LogP contribution in [0, 0.1) is 0 Å². The Kier molecular flexibility index (Phi) is 4.07. The Morgan fingerprint density at radius 3 is 2.79 bits per heavy atom. The minimum absolute atomic E-state index is 0.352. The summed E-state index contributed by atoms with van der Waals surface area (Å²) in [6, 6.07) is 0. The van der Waals surface area contributed by atoms with E-state index < -0.39 is 5.97 Å². The van der Waals surface area contributed by atoms with E-state index in [0.29, 0.717) is 17.5 Å². The van der Waals surface area contributed by atoms with Crippen LogP contribution in [0.4, 0.5) is 0 Å². The van der Waals surface area contributed by atoms with Crippen LogP contribution in [-0.4, -0.2) is 22.5 Å². The summed E-state index contributed by atoms with van der Waals surface area (Å²) >= 11 is 5.58. The van der Waals surface area contributed by atoms with E-state index in [1.165, 1.54) is 24.5 Å². The zero-order chi connectivity index (χ0) is 10.4. The van der Waals surface area contributed by atoms with E-state index >= 15 is 0 Å². The lowest BCUT2D eigenvalue weighted by molar-refractivity contribution is -0.137. The Hall–Kier alpha value is -1.42. The van der Waals surface area contributed by atoms with Crippen molar-refractivity contribution in [3.05, 3.63) is 29.3 Å². The first-order valence-corrected chi connectivity index (χ1v) is 4.42. The monoisotopic (exact) mass is 212 g/mol. The van der Waals surface area contributed by atoms with Crippen LogP contribution in [0.15, 0.2) is 18.5 Å². The van der Waals surface area contributed by atoms with Crippen LogP contribution in [0.1, 0.15) is 12.7 Å². The lowest BCUT2D eigenvalue weighted by atomic mass is 10.4. The third-order valence-corrected chi connectivity index (χ3v) is 1.49. The molecule has 0 bridgehead atoms. The Labute approximate surface area is 86.6 Å². The topological polar surface area (TPSA) is 52.1 Å². The van der Waals surface area contributed by atoms with Gasteiger partial charge in [0.1, 0.15) is 0 Å². The number of aromatic nitrogens is 2. The van der Waals surface area contributed by atoms with E-state index in [2.05, 4.69) is 14.7 Å². The smallest absolute Gasteiger partial charge is 0.330 e. The average Bonchev–Trinajstić information content (AvgIpc) is 2.17. The van der Waals surface area contributed by atoms with Crippen molar-refractivity contribution in [2.24, 2.45) is 0 Å². The molecule has 1 rings (SSSR count). The number of hydrogen-bond acceptors (Lipinski definition) is 4. The molecule has 0 saturated heterocycles. The van der Waals surface area contributed by atoms with Gasteiger partial charge in [0.15, 0.2) is 5.82 Å². The number of carbonyl (C=O) groups is 1. The molecule has 0 atom stereocenters. The maximum absolute atomic E-state index is 10.9. The first-order valence-electron chi connectivity index (χ1n) is 4.04. The van der Waals surface area contributed by atoms with Gasteiger partial charge in [-0.05, 0) is 13.0 Å². The second kappa shape index (κ2) is 5.34. The summed E-state index contributed by atoms with van der Waals surface area (Å²) in [6.07, 6.45) is 5.65. The van der Waals surface area contributed by atoms with E-state index in [1.807, 2.05) is 0 Å². The first kappa shape index (κ1) is 10.7. The van der Waals surface area contributed by atoms with Gasteiger partial charge in [0, 0.05) is 18.5 Å². The fraction of sp³-hybridized carbons (Fsp3) is 0.222. The SMILES string of the molecule is CCOC(=O)/C=C/c1ncc(Cl)cn1. The lowest BCUT2D eigenvalue weighted by Gasteiger charge is -1.94. The van der Waals surface area contributed by atoms with Crippen molar-refractivity contribution in [3.8, 4) is 0 Å². The van der Waals surface area contributed by atoms with E-state index in [1.54, 1.807) is 6.92 Å². The summed E-state index contributed by atoms with van der Waals surface area (Å²) in [5, 5.41) is 0.457. The minimum Gasteiger partial charge on any atom is -0.463 e. The molecule has 74 valence electrons. The molecule has 1 aromatic rings. The molecule has 0 amide bonds. The molecule has 0 N–H and O–H groups in total. The van der Waals surface area contributed by atoms with E-state index in [9.17, 15) is 4.79 Å². The molecule has 0 spiro atoms. The average molecular weight is 213 g/mol. The molecule has 0 fully saturated rings. The number of rotatable bonds is 3. The Bertz CT molecular complexity index is 335. The predicted molar refractivity (Wildman–Crippen MR) is 52.7 cm³/mol. The fourth-order valence-electron chi connectivity index (χ4n) is 0.741. The fourth-order valence-corrected chi connectivity index (χ4v) is 0.839. The zero-order valence-electron chi connectivity index (χ0n) is 7.61. The molecule has 0 radical (unpaired) electrons. The highest BCUT2D eigenvalue weighted by atomic mass is 35.5. The zero-order valence-corrected chi connectivity index (χ0v) is 8.36. The van der Waals surface area contributed by atoms with Crippen molar-refractivity contribution < 1.29 is 9.53 Å². The van der Waals surface area contributed by atoms with Crippen molar-refractivity contribution in [2.45, 2.75) is 6.92 Å². The number of halogens is 1. The highest BCUT2D eigenvalue weighted by Gasteiger charge is 1.95. The quantitative estimate of drug-likeness (QED) is 0.565. The maximum Gasteiger partial charge on any atom is 0.330 e. The van der Waals surface area contributed by atoms with Crippen LogP contribution < -0.4 is 0 Å². The van der Waals surface area contributed by atoms with Crippen LogP contribution >= 0.6 is 11.6 Å². The molecular formula is C9H9ClN2O2. The summed E-state index contributed by atoms with van der Waals surface area (Å²) in [6.45, 7) is 2.09. The van der Waals surface area contributed by atoms with Gasteiger partial charge < -0.3 is 4.74 Å². The standard InChI is InChI=1S/C9H9ClN2O2/c1-2-14-9(13)4-3-8-11-5-7(10)6-12-8/h3-6H,2H2,1H3/b4-3+. The maximum atomic E-state index is 10.9. The van der Waals surface area contributed by atoms with Crippen molar-refractivity contribution >= 4 is 23.6 Å². The molecule has 0 aliphatic rings. The van der Waals surface area contributed by atoms with Crippen LogP contribution in [0.25, 0.3) is 6.08 Å². The second-order valence-corrected chi connectivity index (χ2v) is 2.78. The van der Waals surface area contributed by atoms with Crippen molar-refractivity contribution in [3.63, 3.8) is 0 Å². The molecule has 0 aliphatic carbocycles. The molecule has 5 heteroatoms. The lowest BCUT2D eigenvalue weighted by Crippen LogP contribution is -1.99. The third kappa shape index (κ3) is 3.53. The highest BCUT2D eigenvalue weighted by molar-refractivity contribution is 6.30. The molecule has 0 aromatic carbocycles. The second-order valence-electron chi connectivity index (χ2n) is 2.34. The van der Waals surface area contributed by atoms with Crippen LogP contribution in [0.5, 0.6) is 0 Å². The first-order chi connectivity index (χ1) is 6.72. The number of nitrogens with zero attached hydrogens (tertiary/aromatic N) is 2. The molecule has 0 aliphatic heterocycles.